The van der Waals surface area contributed by atoms with Gasteiger partial charge >= 0.3 is 0 Å². The van der Waals surface area contributed by atoms with Crippen LogP contribution in [0.2, 0.25) is 0 Å². The first-order valence-electron chi connectivity index (χ1n) is 8.98. The van der Waals surface area contributed by atoms with Crippen molar-refractivity contribution >= 4 is 45.7 Å². The molecule has 0 aromatic heterocycles. The molecule has 0 unspecified atom stereocenters. The summed E-state index contributed by atoms with van der Waals surface area (Å²) in [7, 11) is 3.08. The topological polar surface area (TPSA) is 76.7 Å². The lowest BCUT2D eigenvalue weighted by atomic mass is 10.1. The Hall–Kier alpha value is -3.19. The highest BCUT2D eigenvalue weighted by Crippen LogP contribution is 2.29. The summed E-state index contributed by atoms with van der Waals surface area (Å²) in [6.45, 7) is 0. The van der Waals surface area contributed by atoms with Gasteiger partial charge in [-0.05, 0) is 23.6 Å². The molecule has 2 amide bonds. The molecule has 2 N–H and O–H groups in total. The van der Waals surface area contributed by atoms with Crippen LogP contribution in [0.5, 0.6) is 11.5 Å². The van der Waals surface area contributed by atoms with E-state index in [4.69, 9.17) is 9.47 Å². The molecule has 3 aromatic carbocycles. The van der Waals surface area contributed by atoms with Crippen molar-refractivity contribution < 1.29 is 19.1 Å². The number of fused-ring (bicyclic) bond motifs is 1. The van der Waals surface area contributed by atoms with Crippen LogP contribution in [0.3, 0.4) is 0 Å². The van der Waals surface area contributed by atoms with Gasteiger partial charge in [0.2, 0.25) is 11.8 Å². The van der Waals surface area contributed by atoms with E-state index in [0.29, 0.717) is 17.2 Å². The number of carbonyl (C=O) groups excluding carboxylic acids is 2. The SMILES string of the molecule is COc1ccc(OC)c(NC(=O)CSCC(=O)Nc2cccc3ccccc23)c1. The van der Waals surface area contributed by atoms with Crippen molar-refractivity contribution in [1.29, 1.82) is 0 Å². The van der Waals surface area contributed by atoms with Gasteiger partial charge in [0.25, 0.3) is 0 Å². The molecule has 0 saturated heterocycles. The first-order valence-corrected chi connectivity index (χ1v) is 10.1. The number of nitrogens with one attached hydrogen (secondary N) is 2. The van der Waals surface area contributed by atoms with Crippen molar-refractivity contribution in [2.24, 2.45) is 0 Å². The van der Waals surface area contributed by atoms with E-state index in [2.05, 4.69) is 10.6 Å². The third-order valence-corrected chi connectivity index (χ3v) is 5.14. The standard InChI is InChI=1S/C22H22N2O4S/c1-27-16-10-11-20(28-2)19(12-16)24-22(26)14-29-13-21(25)23-18-9-5-7-15-6-3-4-8-17(15)18/h3-12H,13-14H2,1-2H3,(H,23,25)(H,24,26). The Bertz CT molecular complexity index is 1020. The minimum atomic E-state index is -0.223. The fourth-order valence-corrected chi connectivity index (χ4v) is 3.47. The highest BCUT2D eigenvalue weighted by atomic mass is 32.2. The van der Waals surface area contributed by atoms with Gasteiger partial charge in [-0.15, -0.1) is 11.8 Å². The number of amides is 2. The third kappa shape index (κ3) is 5.42. The predicted molar refractivity (Wildman–Crippen MR) is 118 cm³/mol. The summed E-state index contributed by atoms with van der Waals surface area (Å²) in [5, 5.41) is 7.74. The van der Waals surface area contributed by atoms with E-state index in [1.165, 1.54) is 18.9 Å². The molecule has 0 aliphatic heterocycles. The number of benzene rings is 3. The molecule has 7 heteroatoms. The molecule has 150 valence electrons. The number of hydrogen-bond donors (Lipinski definition) is 2. The van der Waals surface area contributed by atoms with Gasteiger partial charge in [0.15, 0.2) is 0 Å². The average molecular weight is 410 g/mol. The van der Waals surface area contributed by atoms with Crippen molar-refractivity contribution in [3.8, 4) is 11.5 Å². The van der Waals surface area contributed by atoms with Gasteiger partial charge in [-0.25, -0.2) is 0 Å². The summed E-state index contributed by atoms with van der Waals surface area (Å²) >= 11 is 1.24. The minimum absolute atomic E-state index is 0.142. The summed E-state index contributed by atoms with van der Waals surface area (Å²) in [4.78, 5) is 24.5. The second-order valence-corrected chi connectivity index (χ2v) is 7.17. The molecule has 3 aromatic rings. The molecule has 0 aliphatic carbocycles. The number of rotatable bonds is 8. The summed E-state index contributed by atoms with van der Waals surface area (Å²) < 4.78 is 10.4. The molecule has 0 bridgehead atoms. The molecule has 0 saturated carbocycles. The number of anilines is 2. The van der Waals surface area contributed by atoms with E-state index in [-0.39, 0.29) is 23.3 Å². The second-order valence-electron chi connectivity index (χ2n) is 6.18. The zero-order valence-electron chi connectivity index (χ0n) is 16.2. The van der Waals surface area contributed by atoms with Gasteiger partial charge < -0.3 is 20.1 Å². The number of thioether (sulfide) groups is 1. The zero-order valence-corrected chi connectivity index (χ0v) is 17.0. The Morgan fingerprint density at radius 2 is 1.52 bits per heavy atom. The number of hydrogen-bond acceptors (Lipinski definition) is 5. The normalized spacial score (nSPS) is 10.4. The van der Waals surface area contributed by atoms with E-state index in [9.17, 15) is 9.59 Å². The average Bonchev–Trinajstić information content (AvgIpc) is 2.74. The quantitative estimate of drug-likeness (QED) is 0.583. The first-order chi connectivity index (χ1) is 14.1. The van der Waals surface area contributed by atoms with Gasteiger partial charge in [0.05, 0.1) is 31.4 Å². The Morgan fingerprint density at radius 1 is 0.828 bits per heavy atom. The molecular weight excluding hydrogens is 388 g/mol. The lowest BCUT2D eigenvalue weighted by molar-refractivity contribution is -0.114. The van der Waals surface area contributed by atoms with Crippen LogP contribution in [0.15, 0.2) is 60.7 Å². The molecule has 3 rings (SSSR count). The molecule has 0 radical (unpaired) electrons. The second kappa shape index (κ2) is 9.84. The number of carbonyl (C=O) groups is 2. The zero-order chi connectivity index (χ0) is 20.6. The van der Waals surface area contributed by atoms with E-state index in [1.807, 2.05) is 42.5 Å². The molecule has 0 heterocycles. The highest BCUT2D eigenvalue weighted by Gasteiger charge is 2.11. The van der Waals surface area contributed by atoms with Gasteiger partial charge in [0.1, 0.15) is 11.5 Å². The predicted octanol–water partition coefficient (Wildman–Crippen LogP) is 4.17. The van der Waals surface area contributed by atoms with Crippen molar-refractivity contribution in [2.75, 3.05) is 36.4 Å². The van der Waals surface area contributed by atoms with Crippen molar-refractivity contribution in [3.63, 3.8) is 0 Å². The third-order valence-electron chi connectivity index (χ3n) is 4.21. The van der Waals surface area contributed by atoms with Gasteiger partial charge in [-0.3, -0.25) is 9.59 Å². The van der Waals surface area contributed by atoms with Crippen molar-refractivity contribution in [3.05, 3.63) is 60.7 Å². The maximum Gasteiger partial charge on any atom is 0.234 e. The maximum absolute atomic E-state index is 12.3. The number of methoxy groups -OCH3 is 2. The van der Waals surface area contributed by atoms with Crippen LogP contribution in [-0.2, 0) is 9.59 Å². The Labute approximate surface area is 173 Å². The molecule has 0 aliphatic rings. The van der Waals surface area contributed by atoms with Crippen LogP contribution in [0.4, 0.5) is 11.4 Å². The van der Waals surface area contributed by atoms with Crippen LogP contribution in [0.25, 0.3) is 10.8 Å². The van der Waals surface area contributed by atoms with Crippen LogP contribution in [0, 0.1) is 0 Å². The molecule has 0 fully saturated rings. The molecule has 29 heavy (non-hydrogen) atoms. The smallest absolute Gasteiger partial charge is 0.234 e. The lowest BCUT2D eigenvalue weighted by Gasteiger charge is -2.12. The molecule has 0 atom stereocenters. The van der Waals surface area contributed by atoms with Gasteiger partial charge in [-0.2, -0.15) is 0 Å². The largest absolute Gasteiger partial charge is 0.497 e. The Kier molecular flexibility index (Phi) is 6.97. The maximum atomic E-state index is 12.3. The van der Waals surface area contributed by atoms with Crippen LogP contribution in [0.1, 0.15) is 0 Å². The fraction of sp³-hybridized carbons (Fsp3) is 0.182. The van der Waals surface area contributed by atoms with Gasteiger partial charge in [-0.1, -0.05) is 36.4 Å². The highest BCUT2D eigenvalue weighted by molar-refractivity contribution is 8.00. The monoisotopic (exact) mass is 410 g/mol. The summed E-state index contributed by atoms with van der Waals surface area (Å²) in [5.41, 5.74) is 1.29. The van der Waals surface area contributed by atoms with Crippen molar-refractivity contribution in [2.45, 2.75) is 0 Å². The Morgan fingerprint density at radius 3 is 2.24 bits per heavy atom. The summed E-state index contributed by atoms with van der Waals surface area (Å²) in [6.07, 6.45) is 0. The van der Waals surface area contributed by atoms with E-state index in [1.54, 1.807) is 25.3 Å². The number of ether oxygens (including phenoxy) is 2. The molecule has 0 spiro atoms. The Balaban J connectivity index is 1.52. The van der Waals surface area contributed by atoms with Crippen molar-refractivity contribution in [1.82, 2.24) is 0 Å². The lowest BCUT2D eigenvalue weighted by Crippen LogP contribution is -2.18. The van der Waals surface area contributed by atoms with E-state index < -0.39 is 0 Å². The van der Waals surface area contributed by atoms with Crippen LogP contribution in [-0.4, -0.2) is 37.5 Å². The molecular formula is C22H22N2O4S. The summed E-state index contributed by atoms with van der Waals surface area (Å²) in [5.74, 6) is 1.09. The minimum Gasteiger partial charge on any atom is -0.497 e. The summed E-state index contributed by atoms with van der Waals surface area (Å²) in [6, 6.07) is 18.8. The van der Waals surface area contributed by atoms with Gasteiger partial charge in [0, 0.05) is 17.1 Å². The van der Waals surface area contributed by atoms with Crippen LogP contribution >= 0.6 is 11.8 Å². The van der Waals surface area contributed by atoms with E-state index >= 15 is 0 Å². The van der Waals surface area contributed by atoms with Crippen LogP contribution < -0.4 is 20.1 Å². The van der Waals surface area contributed by atoms with E-state index in [0.717, 1.165) is 16.5 Å². The first kappa shape index (κ1) is 20.5. The fourth-order valence-electron chi connectivity index (χ4n) is 2.86. The molecule has 6 nitrogen and oxygen atoms in total.